The van der Waals surface area contributed by atoms with E-state index in [0.717, 1.165) is 25.7 Å². The van der Waals surface area contributed by atoms with Crippen molar-refractivity contribution in [3.05, 3.63) is 21.3 Å². The number of aliphatic hydroxyl groups excluding tert-OH is 1. The summed E-state index contributed by atoms with van der Waals surface area (Å²) < 4.78 is 0.656. The molecule has 1 aromatic heterocycles. The quantitative estimate of drug-likeness (QED) is 0.912. The summed E-state index contributed by atoms with van der Waals surface area (Å²) in [5.74, 6) is 1.27. The first-order valence-corrected chi connectivity index (χ1v) is 7.94. The first-order chi connectivity index (χ1) is 9.04. The monoisotopic (exact) mass is 299 g/mol. The molecule has 4 atom stereocenters. The number of halogens is 1. The number of rotatable bonds is 2. The minimum atomic E-state index is -0.118. The molecule has 1 N–H and O–H groups in total. The second-order valence-corrected chi connectivity index (χ2v) is 7.51. The van der Waals surface area contributed by atoms with Crippen molar-refractivity contribution < 1.29 is 9.90 Å². The van der Waals surface area contributed by atoms with Gasteiger partial charge in [-0.25, -0.2) is 0 Å². The number of nitrogens with zero attached hydrogens (tertiary/aromatic N) is 1. The maximum absolute atomic E-state index is 12.4. The molecule has 3 nitrogen and oxygen atoms in total. The second-order valence-electron chi connectivity index (χ2n) is 5.79. The van der Waals surface area contributed by atoms with Gasteiger partial charge in [0, 0.05) is 13.1 Å². The third-order valence-corrected chi connectivity index (χ3v) is 5.84. The van der Waals surface area contributed by atoms with Crippen LogP contribution in [0.3, 0.4) is 0 Å². The molecular weight excluding hydrogens is 282 g/mol. The number of aliphatic hydroxyl groups is 1. The van der Waals surface area contributed by atoms with E-state index in [-0.39, 0.29) is 12.0 Å². The van der Waals surface area contributed by atoms with Gasteiger partial charge in [-0.3, -0.25) is 4.79 Å². The van der Waals surface area contributed by atoms with Gasteiger partial charge in [-0.2, -0.15) is 0 Å². The summed E-state index contributed by atoms with van der Waals surface area (Å²) in [4.78, 5) is 14.9. The SMILES string of the molecule is CN(C(=O)c1ccc(Cl)s1)C1C[C@H]2CC(O)C[C@H]2C1. The first kappa shape index (κ1) is 13.4. The van der Waals surface area contributed by atoms with E-state index in [0.29, 0.717) is 27.1 Å². The van der Waals surface area contributed by atoms with Crippen molar-refractivity contribution in [3.8, 4) is 0 Å². The van der Waals surface area contributed by atoms with Gasteiger partial charge in [0.25, 0.3) is 5.91 Å². The van der Waals surface area contributed by atoms with Crippen molar-refractivity contribution in [1.29, 1.82) is 0 Å². The number of amides is 1. The molecule has 0 saturated heterocycles. The highest BCUT2D eigenvalue weighted by molar-refractivity contribution is 7.17. The lowest BCUT2D eigenvalue weighted by molar-refractivity contribution is 0.0727. The number of carbonyl (C=O) groups is 1. The lowest BCUT2D eigenvalue weighted by Gasteiger charge is -2.25. The minimum Gasteiger partial charge on any atom is -0.393 e. The van der Waals surface area contributed by atoms with Crippen LogP contribution in [0.1, 0.15) is 35.4 Å². The van der Waals surface area contributed by atoms with E-state index in [1.807, 2.05) is 11.9 Å². The smallest absolute Gasteiger partial charge is 0.263 e. The Labute approximate surface area is 122 Å². The van der Waals surface area contributed by atoms with Gasteiger partial charge in [-0.05, 0) is 49.7 Å². The summed E-state index contributed by atoms with van der Waals surface area (Å²) in [6, 6.07) is 3.88. The Balaban J connectivity index is 1.66. The van der Waals surface area contributed by atoms with Crippen LogP contribution in [-0.4, -0.2) is 35.1 Å². The predicted octanol–water partition coefficient (Wildman–Crippen LogP) is 3.02. The van der Waals surface area contributed by atoms with Crippen molar-refractivity contribution >= 4 is 28.8 Å². The molecule has 1 aromatic rings. The minimum absolute atomic E-state index is 0.0717. The molecule has 2 unspecified atom stereocenters. The topological polar surface area (TPSA) is 40.5 Å². The summed E-state index contributed by atoms with van der Waals surface area (Å²) in [5, 5.41) is 9.66. The largest absolute Gasteiger partial charge is 0.393 e. The summed E-state index contributed by atoms with van der Waals surface area (Å²) in [6.07, 6.45) is 3.77. The zero-order valence-electron chi connectivity index (χ0n) is 10.9. The lowest BCUT2D eigenvalue weighted by Crippen LogP contribution is -2.35. The Hall–Kier alpha value is -0.580. The maximum atomic E-state index is 12.4. The van der Waals surface area contributed by atoms with Crippen LogP contribution in [0.15, 0.2) is 12.1 Å². The van der Waals surface area contributed by atoms with E-state index in [1.54, 1.807) is 12.1 Å². The summed E-state index contributed by atoms with van der Waals surface area (Å²) in [5.41, 5.74) is 0. The van der Waals surface area contributed by atoms with Crippen LogP contribution in [0.25, 0.3) is 0 Å². The number of carbonyl (C=O) groups excluding carboxylic acids is 1. The van der Waals surface area contributed by atoms with Crippen LogP contribution in [0.2, 0.25) is 4.34 Å². The molecule has 3 rings (SSSR count). The fraction of sp³-hybridized carbons (Fsp3) is 0.643. The molecule has 5 heteroatoms. The van der Waals surface area contributed by atoms with Crippen molar-refractivity contribution in [2.45, 2.75) is 37.8 Å². The lowest BCUT2D eigenvalue weighted by atomic mass is 10.0. The Morgan fingerprint density at radius 3 is 2.47 bits per heavy atom. The van der Waals surface area contributed by atoms with Crippen LogP contribution >= 0.6 is 22.9 Å². The third kappa shape index (κ3) is 2.54. The summed E-state index contributed by atoms with van der Waals surface area (Å²) in [6.45, 7) is 0. The molecule has 0 spiro atoms. The van der Waals surface area contributed by atoms with Crippen LogP contribution in [-0.2, 0) is 0 Å². The molecule has 1 amide bonds. The van der Waals surface area contributed by atoms with Crippen LogP contribution in [0.5, 0.6) is 0 Å². The van der Waals surface area contributed by atoms with E-state index in [4.69, 9.17) is 11.6 Å². The average molecular weight is 300 g/mol. The zero-order valence-corrected chi connectivity index (χ0v) is 12.5. The van der Waals surface area contributed by atoms with Gasteiger partial charge in [0.2, 0.25) is 0 Å². The highest BCUT2D eigenvalue weighted by Gasteiger charge is 2.43. The fourth-order valence-corrected chi connectivity index (χ4v) is 4.66. The average Bonchev–Trinajstić information content (AvgIpc) is 3.01. The Morgan fingerprint density at radius 1 is 1.32 bits per heavy atom. The molecule has 1 heterocycles. The molecule has 19 heavy (non-hydrogen) atoms. The highest BCUT2D eigenvalue weighted by Crippen LogP contribution is 2.45. The van der Waals surface area contributed by atoms with Crippen molar-refractivity contribution in [2.24, 2.45) is 11.8 Å². The van der Waals surface area contributed by atoms with Crippen LogP contribution < -0.4 is 0 Å². The third-order valence-electron chi connectivity index (χ3n) is 4.62. The van der Waals surface area contributed by atoms with Crippen LogP contribution in [0, 0.1) is 11.8 Å². The van der Waals surface area contributed by atoms with E-state index in [9.17, 15) is 9.90 Å². The molecule has 2 aliphatic rings. The normalized spacial score (nSPS) is 33.4. The maximum Gasteiger partial charge on any atom is 0.263 e. The van der Waals surface area contributed by atoms with Gasteiger partial charge in [-0.1, -0.05) is 11.6 Å². The second kappa shape index (κ2) is 5.08. The van der Waals surface area contributed by atoms with E-state index in [2.05, 4.69) is 0 Å². The molecule has 0 radical (unpaired) electrons. The molecule has 2 aliphatic carbocycles. The van der Waals surface area contributed by atoms with E-state index in [1.165, 1.54) is 11.3 Å². The predicted molar refractivity (Wildman–Crippen MR) is 76.7 cm³/mol. The molecule has 2 saturated carbocycles. The van der Waals surface area contributed by atoms with Gasteiger partial charge in [0.15, 0.2) is 0 Å². The van der Waals surface area contributed by atoms with Crippen molar-refractivity contribution in [3.63, 3.8) is 0 Å². The Bertz CT molecular complexity index is 476. The number of hydrogen-bond donors (Lipinski definition) is 1. The van der Waals surface area contributed by atoms with Gasteiger partial charge >= 0.3 is 0 Å². The van der Waals surface area contributed by atoms with Gasteiger partial charge < -0.3 is 10.0 Å². The van der Waals surface area contributed by atoms with Crippen LogP contribution in [0.4, 0.5) is 0 Å². The molecule has 0 aromatic carbocycles. The number of thiophene rings is 1. The first-order valence-electron chi connectivity index (χ1n) is 6.75. The van der Waals surface area contributed by atoms with Crippen molar-refractivity contribution in [2.75, 3.05) is 7.05 Å². The summed E-state index contributed by atoms with van der Waals surface area (Å²) >= 11 is 7.22. The molecule has 104 valence electrons. The Kier molecular flexibility index (Phi) is 3.58. The fourth-order valence-electron chi connectivity index (χ4n) is 3.64. The molecule has 0 aliphatic heterocycles. The molecule has 2 fully saturated rings. The standard InChI is InChI=1S/C14H18ClNO2S/c1-16(14(18)12-2-3-13(15)19-12)10-4-8-6-11(17)7-9(8)5-10/h2-3,8-11,17H,4-7H2,1H3/t8-,9+,10?,11?. The highest BCUT2D eigenvalue weighted by atomic mass is 35.5. The summed E-state index contributed by atoms with van der Waals surface area (Å²) in [7, 11) is 1.89. The number of hydrogen-bond acceptors (Lipinski definition) is 3. The molecular formula is C14H18ClNO2S. The van der Waals surface area contributed by atoms with Gasteiger partial charge in [0.05, 0.1) is 15.3 Å². The van der Waals surface area contributed by atoms with Gasteiger partial charge in [0.1, 0.15) is 0 Å². The zero-order chi connectivity index (χ0) is 13.6. The van der Waals surface area contributed by atoms with Crippen molar-refractivity contribution in [1.82, 2.24) is 4.90 Å². The van der Waals surface area contributed by atoms with E-state index >= 15 is 0 Å². The van der Waals surface area contributed by atoms with E-state index < -0.39 is 0 Å². The number of fused-ring (bicyclic) bond motifs is 1. The Morgan fingerprint density at radius 2 is 1.95 bits per heavy atom. The van der Waals surface area contributed by atoms with Gasteiger partial charge in [-0.15, -0.1) is 11.3 Å². The molecule has 0 bridgehead atoms.